The van der Waals surface area contributed by atoms with Gasteiger partial charge in [0.05, 0.1) is 10.8 Å². The summed E-state index contributed by atoms with van der Waals surface area (Å²) in [6, 6.07) is 14.0. The lowest BCUT2D eigenvalue weighted by Crippen LogP contribution is -2.37. The summed E-state index contributed by atoms with van der Waals surface area (Å²) >= 11 is 1.57. The molecule has 1 N–H and O–H groups in total. The molecule has 0 radical (unpaired) electrons. The van der Waals surface area contributed by atoms with E-state index in [2.05, 4.69) is 5.32 Å². The number of carbonyl (C=O) groups is 2. The summed E-state index contributed by atoms with van der Waals surface area (Å²) in [5.41, 5.74) is 1.27. The number of thioether (sulfide) groups is 1. The third kappa shape index (κ3) is 5.50. The maximum absolute atomic E-state index is 12.3. The van der Waals surface area contributed by atoms with Gasteiger partial charge in [0.2, 0.25) is 0 Å². The standard InChI is InChI=1S/C21H23N3O5S/c1-30-17-6-4-5-16(13-17)22-20(25)14-29-21(26)15-9-11-23(12-10-15)18-7-2-3-8-19(18)24(27)28/h2-8,13,15H,9-12,14H2,1H3,(H,22,25). The molecule has 0 bridgehead atoms. The van der Waals surface area contributed by atoms with Gasteiger partial charge in [-0.05, 0) is 43.4 Å². The number of hydrogen-bond donors (Lipinski definition) is 1. The average molecular weight is 429 g/mol. The summed E-state index contributed by atoms with van der Waals surface area (Å²) in [5.74, 6) is -1.12. The Morgan fingerprint density at radius 1 is 1.20 bits per heavy atom. The minimum atomic E-state index is -0.412. The Bertz CT molecular complexity index is 928. The van der Waals surface area contributed by atoms with Crippen molar-refractivity contribution in [3.05, 3.63) is 58.6 Å². The molecule has 2 aromatic rings. The highest BCUT2D eigenvalue weighted by Gasteiger charge is 2.29. The Labute approximate surface area is 178 Å². The minimum absolute atomic E-state index is 0.0562. The minimum Gasteiger partial charge on any atom is -0.455 e. The third-order valence-corrected chi connectivity index (χ3v) is 5.67. The number of anilines is 2. The van der Waals surface area contributed by atoms with E-state index >= 15 is 0 Å². The zero-order valence-corrected chi connectivity index (χ0v) is 17.4. The Morgan fingerprint density at radius 2 is 1.93 bits per heavy atom. The molecule has 1 aliphatic heterocycles. The number of carbonyl (C=O) groups excluding carboxylic acids is 2. The lowest BCUT2D eigenvalue weighted by atomic mass is 9.96. The number of hydrogen-bond acceptors (Lipinski definition) is 7. The fraction of sp³-hybridized carbons (Fsp3) is 0.333. The number of benzene rings is 2. The van der Waals surface area contributed by atoms with E-state index in [1.165, 1.54) is 6.07 Å². The number of amides is 1. The molecule has 0 unspecified atom stereocenters. The van der Waals surface area contributed by atoms with Crippen LogP contribution in [0.25, 0.3) is 0 Å². The number of esters is 1. The Kier molecular flexibility index (Phi) is 7.29. The number of nitro groups is 1. The normalized spacial score (nSPS) is 14.2. The van der Waals surface area contributed by atoms with E-state index in [1.54, 1.807) is 36.0 Å². The van der Waals surface area contributed by atoms with E-state index in [1.807, 2.05) is 29.4 Å². The lowest BCUT2D eigenvalue weighted by Gasteiger charge is -2.32. The number of piperidine rings is 1. The summed E-state index contributed by atoms with van der Waals surface area (Å²) in [5, 5.41) is 13.9. The number of para-hydroxylation sites is 2. The van der Waals surface area contributed by atoms with Gasteiger partial charge in [0.25, 0.3) is 11.6 Å². The van der Waals surface area contributed by atoms with Crippen molar-refractivity contribution >= 4 is 40.7 Å². The second kappa shape index (κ2) is 10.1. The molecule has 0 spiro atoms. The van der Waals surface area contributed by atoms with Crippen molar-refractivity contribution in [1.29, 1.82) is 0 Å². The summed E-state index contributed by atoms with van der Waals surface area (Å²) in [4.78, 5) is 38.2. The molecule has 0 saturated carbocycles. The van der Waals surface area contributed by atoms with Crippen molar-refractivity contribution < 1.29 is 19.2 Å². The van der Waals surface area contributed by atoms with Gasteiger partial charge in [0.1, 0.15) is 5.69 Å². The molecule has 3 rings (SSSR count). The number of rotatable bonds is 7. The molecular weight excluding hydrogens is 406 g/mol. The van der Waals surface area contributed by atoms with Crippen LogP contribution in [-0.4, -0.2) is 42.8 Å². The first-order chi connectivity index (χ1) is 14.5. The first kappa shape index (κ1) is 21.6. The van der Waals surface area contributed by atoms with Gasteiger partial charge < -0.3 is 15.0 Å². The van der Waals surface area contributed by atoms with Crippen LogP contribution >= 0.6 is 11.8 Å². The maximum atomic E-state index is 12.3. The third-order valence-electron chi connectivity index (χ3n) is 4.95. The quantitative estimate of drug-likeness (QED) is 0.310. The molecule has 0 aliphatic carbocycles. The smallest absolute Gasteiger partial charge is 0.309 e. The van der Waals surface area contributed by atoms with Crippen LogP contribution in [0.15, 0.2) is 53.4 Å². The molecule has 8 nitrogen and oxygen atoms in total. The maximum Gasteiger partial charge on any atom is 0.309 e. The van der Waals surface area contributed by atoms with Crippen LogP contribution in [-0.2, 0) is 14.3 Å². The molecule has 2 aromatic carbocycles. The Balaban J connectivity index is 1.47. The highest BCUT2D eigenvalue weighted by molar-refractivity contribution is 7.98. The van der Waals surface area contributed by atoms with Gasteiger partial charge in [-0.3, -0.25) is 19.7 Å². The number of nitro benzene ring substituents is 1. The van der Waals surface area contributed by atoms with Crippen LogP contribution < -0.4 is 10.2 Å². The van der Waals surface area contributed by atoms with Crippen molar-refractivity contribution in [1.82, 2.24) is 0 Å². The SMILES string of the molecule is CSc1cccc(NC(=O)COC(=O)C2CCN(c3ccccc3[N+](=O)[O-])CC2)c1. The molecule has 0 aromatic heterocycles. The van der Waals surface area contributed by atoms with Crippen LogP contribution in [0.4, 0.5) is 17.1 Å². The second-order valence-electron chi connectivity index (χ2n) is 6.89. The van der Waals surface area contributed by atoms with Crippen molar-refractivity contribution in [3.63, 3.8) is 0 Å². The van der Waals surface area contributed by atoms with Crippen molar-refractivity contribution in [2.24, 2.45) is 5.92 Å². The zero-order valence-electron chi connectivity index (χ0n) is 16.6. The van der Waals surface area contributed by atoms with Crippen molar-refractivity contribution in [2.75, 3.05) is 36.2 Å². The van der Waals surface area contributed by atoms with Crippen LogP contribution in [0.2, 0.25) is 0 Å². The van der Waals surface area contributed by atoms with E-state index in [0.29, 0.717) is 37.3 Å². The van der Waals surface area contributed by atoms with Crippen LogP contribution in [0.5, 0.6) is 0 Å². The predicted molar refractivity (Wildman–Crippen MR) is 116 cm³/mol. The first-order valence-electron chi connectivity index (χ1n) is 9.57. The van der Waals surface area contributed by atoms with E-state index in [0.717, 1.165) is 4.90 Å². The Morgan fingerprint density at radius 3 is 2.63 bits per heavy atom. The molecule has 158 valence electrons. The lowest BCUT2D eigenvalue weighted by molar-refractivity contribution is -0.384. The second-order valence-corrected chi connectivity index (χ2v) is 7.77. The molecule has 30 heavy (non-hydrogen) atoms. The Hall–Kier alpha value is -3.07. The molecule has 1 aliphatic rings. The number of ether oxygens (including phenoxy) is 1. The zero-order chi connectivity index (χ0) is 21.5. The molecular formula is C21H23N3O5S. The fourth-order valence-electron chi connectivity index (χ4n) is 3.39. The van der Waals surface area contributed by atoms with Gasteiger partial charge in [-0.15, -0.1) is 11.8 Å². The molecule has 9 heteroatoms. The molecule has 0 atom stereocenters. The number of nitrogens with zero attached hydrogens (tertiary/aromatic N) is 2. The summed E-state index contributed by atoms with van der Waals surface area (Å²) in [7, 11) is 0. The van der Waals surface area contributed by atoms with Crippen LogP contribution in [0.1, 0.15) is 12.8 Å². The van der Waals surface area contributed by atoms with Crippen molar-refractivity contribution in [2.45, 2.75) is 17.7 Å². The van der Waals surface area contributed by atoms with E-state index in [9.17, 15) is 19.7 Å². The van der Waals surface area contributed by atoms with Crippen molar-refractivity contribution in [3.8, 4) is 0 Å². The number of nitrogens with one attached hydrogen (secondary N) is 1. The van der Waals surface area contributed by atoms with Gasteiger partial charge in [0.15, 0.2) is 6.61 Å². The van der Waals surface area contributed by atoms with E-state index < -0.39 is 10.9 Å². The highest BCUT2D eigenvalue weighted by Crippen LogP contribution is 2.31. The summed E-state index contributed by atoms with van der Waals surface area (Å²) < 4.78 is 5.19. The van der Waals surface area contributed by atoms with Crippen LogP contribution in [0.3, 0.4) is 0 Å². The van der Waals surface area contributed by atoms with Gasteiger partial charge in [0, 0.05) is 29.7 Å². The fourth-order valence-corrected chi connectivity index (χ4v) is 3.85. The topological polar surface area (TPSA) is 102 Å². The largest absolute Gasteiger partial charge is 0.455 e. The molecule has 1 saturated heterocycles. The van der Waals surface area contributed by atoms with Gasteiger partial charge in [-0.1, -0.05) is 18.2 Å². The first-order valence-corrected chi connectivity index (χ1v) is 10.8. The van der Waals surface area contributed by atoms with Crippen LogP contribution in [0, 0.1) is 16.0 Å². The highest BCUT2D eigenvalue weighted by atomic mass is 32.2. The molecule has 1 amide bonds. The molecule has 1 heterocycles. The van der Waals surface area contributed by atoms with Gasteiger partial charge >= 0.3 is 5.97 Å². The van der Waals surface area contributed by atoms with Gasteiger partial charge in [-0.25, -0.2) is 0 Å². The average Bonchev–Trinajstić information content (AvgIpc) is 2.77. The summed E-state index contributed by atoms with van der Waals surface area (Å²) in [6.45, 7) is 0.684. The monoisotopic (exact) mass is 429 g/mol. The van der Waals surface area contributed by atoms with Gasteiger partial charge in [-0.2, -0.15) is 0 Å². The predicted octanol–water partition coefficient (Wildman–Crippen LogP) is 3.72. The van der Waals surface area contributed by atoms with E-state index in [4.69, 9.17) is 4.74 Å². The van der Waals surface area contributed by atoms with E-state index in [-0.39, 0.29) is 24.1 Å². The molecule has 1 fully saturated rings. The summed E-state index contributed by atoms with van der Waals surface area (Å²) in [6.07, 6.45) is 2.98.